The Hall–Kier alpha value is -2.99. The van der Waals surface area contributed by atoms with Gasteiger partial charge in [-0.1, -0.05) is 32.4 Å². The number of hydrogen-bond donors (Lipinski definition) is 2. The van der Waals surface area contributed by atoms with Crippen molar-refractivity contribution in [1.29, 1.82) is 0 Å². The lowest BCUT2D eigenvalue weighted by Gasteiger charge is -2.16. The molecule has 0 saturated carbocycles. The Balaban J connectivity index is 1.51. The van der Waals surface area contributed by atoms with E-state index in [1.807, 2.05) is 20.8 Å². The van der Waals surface area contributed by atoms with E-state index in [1.165, 1.54) is 29.4 Å². The van der Waals surface area contributed by atoms with Crippen LogP contribution in [0.1, 0.15) is 44.9 Å². The van der Waals surface area contributed by atoms with Crippen molar-refractivity contribution in [2.45, 2.75) is 50.7 Å². The van der Waals surface area contributed by atoms with Gasteiger partial charge < -0.3 is 19.4 Å². The van der Waals surface area contributed by atoms with E-state index in [9.17, 15) is 14.6 Å². The summed E-state index contributed by atoms with van der Waals surface area (Å²) >= 11 is 5.86. The van der Waals surface area contributed by atoms with Gasteiger partial charge in [-0.2, -0.15) is 0 Å². The molecule has 1 saturated heterocycles. The molecular formula is C21H20ClFN6O4. The molecule has 1 aliphatic rings. The largest absolute Gasteiger partial charge is 0.422 e. The molecule has 4 aromatic rings. The molecule has 172 valence electrons. The van der Waals surface area contributed by atoms with Gasteiger partial charge in [-0.25, -0.2) is 19.3 Å². The van der Waals surface area contributed by atoms with Gasteiger partial charge in [0.1, 0.15) is 35.6 Å². The van der Waals surface area contributed by atoms with Crippen molar-refractivity contribution < 1.29 is 23.8 Å². The van der Waals surface area contributed by atoms with Gasteiger partial charge in [-0.3, -0.25) is 4.57 Å². The Morgan fingerprint density at radius 1 is 1.09 bits per heavy atom. The van der Waals surface area contributed by atoms with Gasteiger partial charge in [-0.05, 0) is 18.2 Å². The number of ether oxygens (including phenoxy) is 1. The topological polar surface area (TPSA) is 132 Å². The lowest BCUT2D eigenvalue weighted by atomic mass is 9.97. The number of nitrogens with zero attached hydrogens (tertiary/aromatic N) is 6. The molecule has 10 nitrogen and oxygen atoms in total. The molecule has 12 heteroatoms. The average Bonchev–Trinajstić information content (AvgIpc) is 3.47. The second kappa shape index (κ2) is 7.80. The predicted octanol–water partition coefficient (Wildman–Crippen LogP) is 2.96. The zero-order valence-corrected chi connectivity index (χ0v) is 18.6. The molecule has 0 radical (unpaired) electrons. The molecule has 0 spiro atoms. The Kier molecular flexibility index (Phi) is 5.16. The average molecular weight is 475 g/mol. The molecule has 2 N–H and O–H groups in total. The number of aliphatic hydroxyl groups excluding tert-OH is 2. The third kappa shape index (κ3) is 3.66. The molecule has 33 heavy (non-hydrogen) atoms. The molecule has 3 aromatic heterocycles. The first kappa shape index (κ1) is 21.8. The summed E-state index contributed by atoms with van der Waals surface area (Å²) in [6, 6.07) is 4.23. The van der Waals surface area contributed by atoms with Crippen LogP contribution in [0.15, 0.2) is 35.3 Å². The van der Waals surface area contributed by atoms with Crippen molar-refractivity contribution in [2.24, 2.45) is 0 Å². The summed E-state index contributed by atoms with van der Waals surface area (Å²) in [4.78, 5) is 12.7. The normalized spacial score (nSPS) is 23.5. The van der Waals surface area contributed by atoms with E-state index in [0.717, 1.165) is 0 Å². The molecule has 1 aromatic carbocycles. The van der Waals surface area contributed by atoms with Gasteiger partial charge in [0.15, 0.2) is 18.0 Å². The maximum absolute atomic E-state index is 14.5. The van der Waals surface area contributed by atoms with E-state index in [1.54, 1.807) is 6.07 Å². The summed E-state index contributed by atoms with van der Waals surface area (Å²) in [7, 11) is 0. The highest BCUT2D eigenvalue weighted by molar-refractivity contribution is 6.30. The van der Waals surface area contributed by atoms with Crippen LogP contribution in [0, 0.1) is 5.82 Å². The fraction of sp³-hybridized carbons (Fsp3) is 0.381. The maximum atomic E-state index is 14.5. The minimum absolute atomic E-state index is 0.0527. The quantitative estimate of drug-likeness (QED) is 0.459. The number of aliphatic hydroxyl groups is 2. The van der Waals surface area contributed by atoms with Crippen molar-refractivity contribution in [3.63, 3.8) is 0 Å². The molecular weight excluding hydrogens is 455 g/mol. The number of halogens is 2. The molecule has 5 rings (SSSR count). The highest BCUT2D eigenvalue weighted by Crippen LogP contribution is 2.40. The van der Waals surface area contributed by atoms with E-state index in [0.29, 0.717) is 11.4 Å². The summed E-state index contributed by atoms with van der Waals surface area (Å²) in [5.74, 6) is -0.130. The van der Waals surface area contributed by atoms with Gasteiger partial charge >= 0.3 is 0 Å². The summed E-state index contributed by atoms with van der Waals surface area (Å²) in [5.41, 5.74) is 0.637. The minimum Gasteiger partial charge on any atom is -0.422 e. The Morgan fingerprint density at radius 3 is 2.58 bits per heavy atom. The van der Waals surface area contributed by atoms with Crippen LogP contribution in [0.2, 0.25) is 5.02 Å². The third-order valence-corrected chi connectivity index (χ3v) is 5.62. The molecule has 0 aliphatic carbocycles. The van der Waals surface area contributed by atoms with Crippen LogP contribution in [0.3, 0.4) is 0 Å². The van der Waals surface area contributed by atoms with Crippen LogP contribution >= 0.6 is 11.6 Å². The van der Waals surface area contributed by atoms with Crippen molar-refractivity contribution in [2.75, 3.05) is 0 Å². The second-order valence-corrected chi connectivity index (χ2v) is 9.23. The SMILES string of the molecule is CC(C)(C)c1nnc([C@H]2O[C@H](n3cnc4c(-c5ccc(Cl)cc5F)ncnc43)C(O)[C@@H]2O)o1. The molecule has 1 unspecified atom stereocenters. The van der Waals surface area contributed by atoms with E-state index >= 15 is 0 Å². The predicted molar refractivity (Wildman–Crippen MR) is 114 cm³/mol. The van der Waals surface area contributed by atoms with Crippen LogP contribution in [0.4, 0.5) is 4.39 Å². The van der Waals surface area contributed by atoms with Gasteiger partial charge in [0.05, 0.1) is 6.33 Å². The molecule has 4 heterocycles. The number of hydrogen-bond acceptors (Lipinski definition) is 9. The van der Waals surface area contributed by atoms with Gasteiger partial charge in [0.2, 0.25) is 11.8 Å². The molecule has 0 amide bonds. The first-order valence-electron chi connectivity index (χ1n) is 10.1. The first-order chi connectivity index (χ1) is 15.6. The van der Waals surface area contributed by atoms with E-state index in [4.69, 9.17) is 20.8 Å². The summed E-state index contributed by atoms with van der Waals surface area (Å²) in [6.45, 7) is 5.73. The van der Waals surface area contributed by atoms with Crippen LogP contribution in [-0.2, 0) is 10.2 Å². The second-order valence-electron chi connectivity index (χ2n) is 8.79. The smallest absolute Gasteiger partial charge is 0.248 e. The zero-order valence-electron chi connectivity index (χ0n) is 17.8. The van der Waals surface area contributed by atoms with Crippen LogP contribution in [-0.4, -0.2) is 52.1 Å². The molecule has 1 fully saturated rings. The van der Waals surface area contributed by atoms with Gasteiger partial charge in [0.25, 0.3) is 0 Å². The molecule has 4 atom stereocenters. The number of rotatable bonds is 3. The first-order valence-corrected chi connectivity index (χ1v) is 10.5. The lowest BCUT2D eigenvalue weighted by Crippen LogP contribution is -2.29. The highest BCUT2D eigenvalue weighted by Gasteiger charge is 2.48. The van der Waals surface area contributed by atoms with Crippen LogP contribution < -0.4 is 0 Å². The number of benzene rings is 1. The summed E-state index contributed by atoms with van der Waals surface area (Å²) in [6.07, 6.45) is -2.15. The lowest BCUT2D eigenvalue weighted by molar-refractivity contribution is -0.0441. The van der Waals surface area contributed by atoms with Crippen molar-refractivity contribution in [1.82, 2.24) is 29.7 Å². The maximum Gasteiger partial charge on any atom is 0.248 e. The Morgan fingerprint density at radius 2 is 1.88 bits per heavy atom. The van der Waals surface area contributed by atoms with E-state index < -0.39 is 35.8 Å². The molecule has 1 aliphatic heterocycles. The summed E-state index contributed by atoms with van der Waals surface area (Å²) in [5, 5.41) is 29.6. The zero-order chi connectivity index (χ0) is 23.5. The van der Waals surface area contributed by atoms with Crippen LogP contribution in [0.5, 0.6) is 0 Å². The molecule has 0 bridgehead atoms. The van der Waals surface area contributed by atoms with Crippen LogP contribution in [0.25, 0.3) is 22.4 Å². The Bertz CT molecular complexity index is 1340. The van der Waals surface area contributed by atoms with E-state index in [-0.39, 0.29) is 27.8 Å². The van der Waals surface area contributed by atoms with Crippen molar-refractivity contribution in [3.8, 4) is 11.3 Å². The van der Waals surface area contributed by atoms with Crippen molar-refractivity contribution >= 4 is 22.8 Å². The van der Waals surface area contributed by atoms with E-state index in [2.05, 4.69) is 25.1 Å². The number of fused-ring (bicyclic) bond motifs is 1. The van der Waals surface area contributed by atoms with Gasteiger partial charge in [0, 0.05) is 16.0 Å². The highest BCUT2D eigenvalue weighted by atomic mass is 35.5. The number of imidazole rings is 1. The van der Waals surface area contributed by atoms with Gasteiger partial charge in [-0.15, -0.1) is 10.2 Å². The third-order valence-electron chi connectivity index (χ3n) is 5.38. The van der Waals surface area contributed by atoms with Crippen molar-refractivity contribution in [3.05, 3.63) is 53.5 Å². The Labute approximate surface area is 192 Å². The number of aromatic nitrogens is 6. The summed E-state index contributed by atoms with van der Waals surface area (Å²) < 4.78 is 27.5. The standard InChI is InChI=1S/C21H20ClFN6O4/c1-21(2,3)20-28-27-18(33-20)16-14(30)15(31)19(32-16)29-8-26-13-12(24-7-25-17(13)29)10-5-4-9(22)6-11(10)23/h4-8,14-16,19,30-31H,1-3H3/t14-,15?,16-,19-/m0/s1. The fourth-order valence-electron chi connectivity index (χ4n) is 3.66. The monoisotopic (exact) mass is 474 g/mol. The fourth-order valence-corrected chi connectivity index (χ4v) is 3.82. The minimum atomic E-state index is -1.34.